The maximum absolute atomic E-state index is 12.4. The van der Waals surface area contributed by atoms with Gasteiger partial charge in [-0.25, -0.2) is 0 Å². The van der Waals surface area contributed by atoms with E-state index in [1.54, 1.807) is 4.90 Å². The molecule has 2 rings (SSSR count). The number of nitrogens with zero attached hydrogens (tertiary/aromatic N) is 1. The number of carbonyl (C=O) groups is 2. The molecule has 1 N–H and O–H groups in total. The molecular formula is C14H17NO4. The lowest BCUT2D eigenvalue weighted by molar-refractivity contribution is -0.143. The smallest absolute Gasteiger partial charge is 0.308 e. The zero-order valence-electron chi connectivity index (χ0n) is 10.8. The summed E-state index contributed by atoms with van der Waals surface area (Å²) < 4.78 is 5.27. The number of carbonyl (C=O) groups excluding carboxylic acids is 1. The molecule has 1 fully saturated rings. The van der Waals surface area contributed by atoms with Gasteiger partial charge in [-0.05, 0) is 12.0 Å². The zero-order chi connectivity index (χ0) is 13.8. The van der Waals surface area contributed by atoms with Crippen LogP contribution in [0.2, 0.25) is 0 Å². The van der Waals surface area contributed by atoms with Crippen LogP contribution in [-0.4, -0.2) is 42.1 Å². The number of hydrogen-bond donors (Lipinski definition) is 1. The summed E-state index contributed by atoms with van der Waals surface area (Å²) in [6.07, 6.45) is -0.152. The lowest BCUT2D eigenvalue weighted by atomic mass is 10.1. The molecule has 1 amide bonds. The second-order valence-corrected chi connectivity index (χ2v) is 4.63. The van der Waals surface area contributed by atoms with E-state index in [1.165, 1.54) is 7.11 Å². The van der Waals surface area contributed by atoms with E-state index in [2.05, 4.69) is 0 Å². The first kappa shape index (κ1) is 13.5. The molecule has 5 nitrogen and oxygen atoms in total. The van der Waals surface area contributed by atoms with Crippen LogP contribution in [0, 0.1) is 5.92 Å². The summed E-state index contributed by atoms with van der Waals surface area (Å²) in [7, 11) is 1.49. The van der Waals surface area contributed by atoms with E-state index >= 15 is 0 Å². The standard InChI is InChI=1S/C14H17NO4/c1-19-12(10-5-3-2-4-6-10)13(16)15-8-7-11(9-15)14(17)18/h2-6,11-12H,7-9H2,1H3,(H,17,18)/t11-,12+/m0/s1. The summed E-state index contributed by atoms with van der Waals surface area (Å²) in [6.45, 7) is 0.739. The van der Waals surface area contributed by atoms with Crippen molar-refractivity contribution in [2.75, 3.05) is 20.2 Å². The van der Waals surface area contributed by atoms with Gasteiger partial charge < -0.3 is 14.7 Å². The summed E-state index contributed by atoms with van der Waals surface area (Å²) in [5.74, 6) is -1.47. The maximum Gasteiger partial charge on any atom is 0.308 e. The topological polar surface area (TPSA) is 66.8 Å². The third kappa shape index (κ3) is 2.93. The number of benzene rings is 1. The molecule has 102 valence electrons. The Morgan fingerprint density at radius 3 is 2.58 bits per heavy atom. The number of amides is 1. The van der Waals surface area contributed by atoms with Crippen molar-refractivity contribution in [2.45, 2.75) is 12.5 Å². The van der Waals surface area contributed by atoms with Crippen molar-refractivity contribution in [2.24, 2.45) is 5.92 Å². The number of ether oxygens (including phenoxy) is 1. The van der Waals surface area contributed by atoms with Crippen LogP contribution in [0.25, 0.3) is 0 Å². The normalized spacial score (nSPS) is 20.3. The van der Waals surface area contributed by atoms with E-state index < -0.39 is 18.0 Å². The number of carboxylic acid groups (broad SMARTS) is 1. The fourth-order valence-corrected chi connectivity index (χ4v) is 2.34. The van der Waals surface area contributed by atoms with Gasteiger partial charge in [-0.15, -0.1) is 0 Å². The van der Waals surface area contributed by atoms with Crippen LogP contribution in [0.1, 0.15) is 18.1 Å². The molecule has 2 atom stereocenters. The molecule has 1 aromatic rings. The second kappa shape index (κ2) is 5.84. The number of rotatable bonds is 4. The van der Waals surface area contributed by atoms with Crippen molar-refractivity contribution in [3.8, 4) is 0 Å². The average Bonchev–Trinajstić information content (AvgIpc) is 2.90. The van der Waals surface area contributed by atoms with Gasteiger partial charge in [-0.1, -0.05) is 30.3 Å². The monoisotopic (exact) mass is 263 g/mol. The molecule has 5 heteroatoms. The predicted molar refractivity (Wildman–Crippen MR) is 68.5 cm³/mol. The molecule has 1 saturated heterocycles. The third-order valence-electron chi connectivity index (χ3n) is 3.41. The fraction of sp³-hybridized carbons (Fsp3) is 0.429. The van der Waals surface area contributed by atoms with Crippen LogP contribution >= 0.6 is 0 Å². The Morgan fingerprint density at radius 2 is 2.05 bits per heavy atom. The van der Waals surface area contributed by atoms with Crippen LogP contribution in [-0.2, 0) is 14.3 Å². The Morgan fingerprint density at radius 1 is 1.37 bits per heavy atom. The first-order valence-electron chi connectivity index (χ1n) is 6.23. The van der Waals surface area contributed by atoms with E-state index in [0.29, 0.717) is 13.0 Å². The summed E-state index contributed by atoms with van der Waals surface area (Å²) in [6, 6.07) is 9.22. The summed E-state index contributed by atoms with van der Waals surface area (Å²) in [4.78, 5) is 24.8. The largest absolute Gasteiger partial charge is 0.481 e. The van der Waals surface area contributed by atoms with Gasteiger partial charge in [0.05, 0.1) is 5.92 Å². The summed E-state index contributed by atoms with van der Waals surface area (Å²) >= 11 is 0. The highest BCUT2D eigenvalue weighted by molar-refractivity contribution is 5.83. The van der Waals surface area contributed by atoms with Gasteiger partial charge >= 0.3 is 5.97 Å². The lowest BCUT2D eigenvalue weighted by Crippen LogP contribution is -2.34. The van der Waals surface area contributed by atoms with Crippen LogP contribution < -0.4 is 0 Å². The minimum Gasteiger partial charge on any atom is -0.481 e. The minimum absolute atomic E-state index is 0.169. The molecular weight excluding hydrogens is 246 g/mol. The average molecular weight is 263 g/mol. The molecule has 0 aromatic heterocycles. The molecule has 19 heavy (non-hydrogen) atoms. The first-order valence-corrected chi connectivity index (χ1v) is 6.23. The Balaban J connectivity index is 2.08. The molecule has 1 aromatic carbocycles. The van der Waals surface area contributed by atoms with Crippen molar-refractivity contribution < 1.29 is 19.4 Å². The van der Waals surface area contributed by atoms with Crippen LogP contribution in [0.4, 0.5) is 0 Å². The van der Waals surface area contributed by atoms with Gasteiger partial charge in [0.1, 0.15) is 0 Å². The first-order chi connectivity index (χ1) is 9.13. The highest BCUT2D eigenvalue weighted by Gasteiger charge is 2.34. The van der Waals surface area contributed by atoms with Crippen molar-refractivity contribution >= 4 is 11.9 Å². The van der Waals surface area contributed by atoms with Gasteiger partial charge in [-0.2, -0.15) is 0 Å². The molecule has 0 unspecified atom stereocenters. The Kier molecular flexibility index (Phi) is 4.16. The van der Waals surface area contributed by atoms with E-state index in [0.717, 1.165) is 5.56 Å². The Bertz CT molecular complexity index is 460. The number of carboxylic acids is 1. The van der Waals surface area contributed by atoms with Crippen LogP contribution in [0.3, 0.4) is 0 Å². The van der Waals surface area contributed by atoms with Crippen LogP contribution in [0.5, 0.6) is 0 Å². The van der Waals surface area contributed by atoms with E-state index in [1.807, 2.05) is 30.3 Å². The number of methoxy groups -OCH3 is 1. The molecule has 0 saturated carbocycles. The van der Waals surface area contributed by atoms with Gasteiger partial charge in [0.25, 0.3) is 5.91 Å². The molecule has 0 bridgehead atoms. The zero-order valence-corrected chi connectivity index (χ0v) is 10.8. The van der Waals surface area contributed by atoms with Crippen molar-refractivity contribution in [1.82, 2.24) is 4.90 Å². The second-order valence-electron chi connectivity index (χ2n) is 4.63. The molecule has 0 radical (unpaired) electrons. The van der Waals surface area contributed by atoms with Crippen molar-refractivity contribution in [3.63, 3.8) is 0 Å². The molecule has 1 heterocycles. The lowest BCUT2D eigenvalue weighted by Gasteiger charge is -2.22. The molecule has 0 spiro atoms. The van der Waals surface area contributed by atoms with Gasteiger partial charge in [-0.3, -0.25) is 9.59 Å². The van der Waals surface area contributed by atoms with E-state index in [4.69, 9.17) is 9.84 Å². The Labute approximate surface area is 111 Å². The van der Waals surface area contributed by atoms with Crippen LogP contribution in [0.15, 0.2) is 30.3 Å². The SMILES string of the molecule is CO[C@@H](C(=O)N1CC[C@H](C(=O)O)C1)c1ccccc1. The minimum atomic E-state index is -0.844. The fourth-order valence-electron chi connectivity index (χ4n) is 2.34. The number of likely N-dealkylation sites (tertiary alicyclic amines) is 1. The van der Waals surface area contributed by atoms with E-state index in [-0.39, 0.29) is 12.5 Å². The third-order valence-corrected chi connectivity index (χ3v) is 3.41. The summed E-state index contributed by atoms with van der Waals surface area (Å²) in [5, 5.41) is 8.96. The highest BCUT2D eigenvalue weighted by Crippen LogP contribution is 2.24. The quantitative estimate of drug-likeness (QED) is 0.889. The van der Waals surface area contributed by atoms with Gasteiger partial charge in [0, 0.05) is 20.2 Å². The molecule has 0 aliphatic carbocycles. The molecule has 1 aliphatic rings. The number of hydrogen-bond acceptors (Lipinski definition) is 3. The van der Waals surface area contributed by atoms with Gasteiger partial charge in [0.15, 0.2) is 6.10 Å². The van der Waals surface area contributed by atoms with Crippen molar-refractivity contribution in [1.29, 1.82) is 0 Å². The number of aliphatic carboxylic acids is 1. The summed E-state index contributed by atoms with van der Waals surface area (Å²) in [5.41, 5.74) is 0.786. The van der Waals surface area contributed by atoms with E-state index in [9.17, 15) is 9.59 Å². The van der Waals surface area contributed by atoms with Gasteiger partial charge in [0.2, 0.25) is 0 Å². The van der Waals surface area contributed by atoms with Crippen molar-refractivity contribution in [3.05, 3.63) is 35.9 Å². The highest BCUT2D eigenvalue weighted by atomic mass is 16.5. The molecule has 1 aliphatic heterocycles. The maximum atomic E-state index is 12.4. The Hall–Kier alpha value is -1.88. The predicted octanol–water partition coefficient (Wildman–Crippen LogP) is 1.31.